The lowest BCUT2D eigenvalue weighted by Gasteiger charge is -2.11. The molecule has 0 saturated heterocycles. The third-order valence-corrected chi connectivity index (χ3v) is 3.47. The molecule has 4 heteroatoms. The molecule has 1 aromatic rings. The highest BCUT2D eigenvalue weighted by Crippen LogP contribution is 2.20. The molecule has 0 aliphatic rings. The third kappa shape index (κ3) is 5.19. The van der Waals surface area contributed by atoms with Gasteiger partial charge >= 0.3 is 0 Å². The summed E-state index contributed by atoms with van der Waals surface area (Å²) in [4.78, 5) is 11.1. The van der Waals surface area contributed by atoms with E-state index in [1.54, 1.807) is 13.0 Å². The van der Waals surface area contributed by atoms with Crippen molar-refractivity contribution in [3.63, 3.8) is 0 Å². The van der Waals surface area contributed by atoms with E-state index in [1.807, 2.05) is 0 Å². The van der Waals surface area contributed by atoms with Gasteiger partial charge in [0.15, 0.2) is 0 Å². The predicted octanol–water partition coefficient (Wildman–Crippen LogP) is 4.01. The van der Waals surface area contributed by atoms with Gasteiger partial charge in [-0.2, -0.15) is 0 Å². The normalized spacial score (nSPS) is 10.6. The molecule has 112 valence electrons. The molecule has 0 saturated carbocycles. The maximum Gasteiger partial charge on any atom is 0.248 e. The summed E-state index contributed by atoms with van der Waals surface area (Å²) in [6.07, 6.45) is 7.27. The average Bonchev–Trinajstić information content (AvgIpc) is 2.41. The van der Waals surface area contributed by atoms with E-state index in [2.05, 4.69) is 12.2 Å². The lowest BCUT2D eigenvalue weighted by Crippen LogP contribution is -2.13. The zero-order valence-corrected chi connectivity index (χ0v) is 12.5. The van der Waals surface area contributed by atoms with Crippen molar-refractivity contribution >= 4 is 11.6 Å². The molecule has 0 spiro atoms. The Kier molecular flexibility index (Phi) is 7.05. The van der Waals surface area contributed by atoms with Crippen LogP contribution < -0.4 is 11.1 Å². The molecule has 0 aliphatic heterocycles. The molecular formula is C16H25FN2O. The van der Waals surface area contributed by atoms with Crippen LogP contribution in [0.15, 0.2) is 12.1 Å². The molecule has 20 heavy (non-hydrogen) atoms. The minimum atomic E-state index is -0.605. The molecule has 0 aliphatic carbocycles. The van der Waals surface area contributed by atoms with Crippen molar-refractivity contribution in [2.45, 2.75) is 52.4 Å². The highest BCUT2D eigenvalue weighted by atomic mass is 19.1. The molecule has 0 radical (unpaired) electrons. The van der Waals surface area contributed by atoms with Crippen LogP contribution in [-0.2, 0) is 0 Å². The summed E-state index contributed by atoms with van der Waals surface area (Å²) >= 11 is 0. The third-order valence-electron chi connectivity index (χ3n) is 3.47. The van der Waals surface area contributed by atoms with Gasteiger partial charge in [0, 0.05) is 23.4 Å². The van der Waals surface area contributed by atoms with Crippen molar-refractivity contribution in [1.82, 2.24) is 0 Å². The number of unbranched alkanes of at least 4 members (excludes halogenated alkanes) is 5. The first-order valence-corrected chi connectivity index (χ1v) is 7.40. The zero-order chi connectivity index (χ0) is 15.0. The molecule has 1 aromatic carbocycles. The van der Waals surface area contributed by atoms with Crippen LogP contribution in [0.2, 0.25) is 0 Å². The number of halogens is 1. The summed E-state index contributed by atoms with van der Waals surface area (Å²) in [6.45, 7) is 4.68. The van der Waals surface area contributed by atoms with Gasteiger partial charge < -0.3 is 11.1 Å². The lowest BCUT2D eigenvalue weighted by molar-refractivity contribution is 0.1000. The summed E-state index contributed by atoms with van der Waals surface area (Å²) in [5, 5.41) is 3.19. The van der Waals surface area contributed by atoms with E-state index < -0.39 is 11.7 Å². The van der Waals surface area contributed by atoms with E-state index in [4.69, 9.17) is 5.73 Å². The van der Waals surface area contributed by atoms with Crippen molar-refractivity contribution < 1.29 is 9.18 Å². The topological polar surface area (TPSA) is 55.1 Å². The van der Waals surface area contributed by atoms with Crippen LogP contribution in [0.5, 0.6) is 0 Å². The van der Waals surface area contributed by atoms with Crippen molar-refractivity contribution in [2.75, 3.05) is 11.9 Å². The number of carbonyl (C=O) groups excluding carboxylic acids is 1. The highest BCUT2D eigenvalue weighted by Gasteiger charge is 2.09. The van der Waals surface area contributed by atoms with E-state index >= 15 is 0 Å². The molecule has 3 N–H and O–H groups in total. The van der Waals surface area contributed by atoms with Gasteiger partial charge in [-0.15, -0.1) is 0 Å². The Morgan fingerprint density at radius 1 is 1.20 bits per heavy atom. The number of benzene rings is 1. The fourth-order valence-corrected chi connectivity index (χ4v) is 2.13. The number of carbonyl (C=O) groups is 1. The van der Waals surface area contributed by atoms with Gasteiger partial charge in [0.2, 0.25) is 5.91 Å². The minimum absolute atomic E-state index is 0.207. The molecule has 3 nitrogen and oxygen atoms in total. The van der Waals surface area contributed by atoms with E-state index in [1.165, 1.54) is 38.2 Å². The van der Waals surface area contributed by atoms with Crippen LogP contribution in [0.3, 0.4) is 0 Å². The van der Waals surface area contributed by atoms with E-state index in [0.717, 1.165) is 13.0 Å². The molecule has 0 aromatic heterocycles. The van der Waals surface area contributed by atoms with Crippen molar-refractivity contribution in [3.05, 3.63) is 29.1 Å². The highest BCUT2D eigenvalue weighted by molar-refractivity contribution is 5.94. The smallest absolute Gasteiger partial charge is 0.248 e. The van der Waals surface area contributed by atoms with Gasteiger partial charge in [0.1, 0.15) is 5.82 Å². The SMILES string of the molecule is CCCCCCCCNc1cc(C(N)=O)cc(F)c1C. The van der Waals surface area contributed by atoms with Crippen LogP contribution in [-0.4, -0.2) is 12.5 Å². The standard InChI is InChI=1S/C16H25FN2O/c1-3-4-5-6-7-8-9-19-15-11-13(16(18)20)10-14(17)12(15)2/h10-11,19H,3-9H2,1-2H3,(H2,18,20). The first kappa shape index (κ1) is 16.5. The Balaban J connectivity index is 2.45. The number of nitrogens with two attached hydrogens (primary N) is 1. The fourth-order valence-electron chi connectivity index (χ4n) is 2.13. The molecule has 1 amide bonds. The Bertz CT molecular complexity index is 446. The first-order chi connectivity index (χ1) is 9.56. The van der Waals surface area contributed by atoms with Gasteiger partial charge in [-0.3, -0.25) is 4.79 Å². The number of hydrogen-bond acceptors (Lipinski definition) is 2. The second kappa shape index (κ2) is 8.56. The predicted molar refractivity (Wildman–Crippen MR) is 81.5 cm³/mol. The first-order valence-electron chi connectivity index (χ1n) is 7.40. The van der Waals surface area contributed by atoms with E-state index in [-0.39, 0.29) is 5.56 Å². The summed E-state index contributed by atoms with van der Waals surface area (Å²) in [5.41, 5.74) is 6.59. The van der Waals surface area contributed by atoms with Gasteiger partial charge in [-0.25, -0.2) is 4.39 Å². The fraction of sp³-hybridized carbons (Fsp3) is 0.562. The second-order valence-corrected chi connectivity index (χ2v) is 5.19. The monoisotopic (exact) mass is 280 g/mol. The van der Waals surface area contributed by atoms with Crippen LogP contribution in [0.1, 0.15) is 61.4 Å². The van der Waals surface area contributed by atoms with Crippen LogP contribution in [0, 0.1) is 12.7 Å². The summed E-state index contributed by atoms with van der Waals surface area (Å²) in [6, 6.07) is 2.81. The van der Waals surface area contributed by atoms with E-state index in [9.17, 15) is 9.18 Å². The number of amides is 1. The minimum Gasteiger partial charge on any atom is -0.385 e. The molecule has 1 rings (SSSR count). The second-order valence-electron chi connectivity index (χ2n) is 5.19. The summed E-state index contributed by atoms with van der Waals surface area (Å²) in [5.74, 6) is -1.00. The van der Waals surface area contributed by atoms with Crippen molar-refractivity contribution in [3.8, 4) is 0 Å². The molecule has 0 unspecified atom stereocenters. The molecule has 0 heterocycles. The summed E-state index contributed by atoms with van der Waals surface area (Å²) in [7, 11) is 0. The molecule has 0 fully saturated rings. The van der Waals surface area contributed by atoms with Gasteiger partial charge in [-0.05, 0) is 25.5 Å². The Morgan fingerprint density at radius 3 is 2.50 bits per heavy atom. The maximum absolute atomic E-state index is 13.7. The zero-order valence-electron chi connectivity index (χ0n) is 12.5. The molecular weight excluding hydrogens is 255 g/mol. The number of rotatable bonds is 9. The van der Waals surface area contributed by atoms with Crippen molar-refractivity contribution in [1.29, 1.82) is 0 Å². The average molecular weight is 280 g/mol. The van der Waals surface area contributed by atoms with Gasteiger partial charge in [0.25, 0.3) is 0 Å². The van der Waals surface area contributed by atoms with Gasteiger partial charge in [-0.1, -0.05) is 39.0 Å². The summed E-state index contributed by atoms with van der Waals surface area (Å²) < 4.78 is 13.7. The maximum atomic E-state index is 13.7. The Morgan fingerprint density at radius 2 is 1.85 bits per heavy atom. The Hall–Kier alpha value is -1.58. The van der Waals surface area contributed by atoms with Crippen LogP contribution in [0.4, 0.5) is 10.1 Å². The number of nitrogens with one attached hydrogen (secondary N) is 1. The van der Waals surface area contributed by atoms with E-state index in [0.29, 0.717) is 11.3 Å². The quantitative estimate of drug-likeness (QED) is 0.672. The van der Waals surface area contributed by atoms with Crippen LogP contribution >= 0.6 is 0 Å². The lowest BCUT2D eigenvalue weighted by atomic mass is 10.1. The molecule has 0 atom stereocenters. The number of primary amides is 1. The van der Waals surface area contributed by atoms with Crippen LogP contribution in [0.25, 0.3) is 0 Å². The van der Waals surface area contributed by atoms with Crippen molar-refractivity contribution in [2.24, 2.45) is 5.73 Å². The number of hydrogen-bond donors (Lipinski definition) is 2. The molecule has 0 bridgehead atoms. The number of anilines is 1. The Labute approximate surface area is 120 Å². The largest absolute Gasteiger partial charge is 0.385 e. The van der Waals surface area contributed by atoms with Gasteiger partial charge in [0.05, 0.1) is 0 Å².